The molecule has 0 saturated heterocycles. The third-order valence-corrected chi connectivity index (χ3v) is 8.12. The molecule has 0 bridgehead atoms. The Balaban J connectivity index is 4.76. The van der Waals surface area contributed by atoms with Crippen LogP contribution in [0.5, 0.6) is 0 Å². The van der Waals surface area contributed by atoms with Crippen molar-refractivity contribution in [3.05, 3.63) is 12.2 Å². The van der Waals surface area contributed by atoms with Crippen molar-refractivity contribution in [2.24, 2.45) is 5.41 Å². The van der Waals surface area contributed by atoms with E-state index in [1.165, 1.54) is 0 Å². The van der Waals surface area contributed by atoms with E-state index in [4.69, 9.17) is 10.8 Å². The second-order valence-corrected chi connectivity index (χ2v) is 11.9. The van der Waals surface area contributed by atoms with Gasteiger partial charge in [-0.25, -0.2) is 0 Å². The molecule has 0 saturated carbocycles. The fraction of sp³-hybridized carbons (Fsp3) is 0.625. The first kappa shape index (κ1) is 18.5. The lowest BCUT2D eigenvalue weighted by atomic mass is 9.91. The first-order chi connectivity index (χ1) is 8.62. The van der Waals surface area contributed by atoms with E-state index in [2.05, 4.69) is 53.4 Å². The zero-order valence-electron chi connectivity index (χ0n) is 12.8. The standard InChI is InChI=1S/C16H25BrOSi/c1-8-16(4,5)11-9-10-15(12-14(2)3)18-19(6,7)13-17/h1,15H,2,11-13H2,3-7H3. The summed E-state index contributed by atoms with van der Waals surface area (Å²) in [5.41, 5.74) is 0.915. The second-order valence-electron chi connectivity index (χ2n) is 6.19. The molecule has 0 fully saturated rings. The Labute approximate surface area is 128 Å². The number of terminal acetylenes is 1. The minimum Gasteiger partial charge on any atom is -0.403 e. The minimum atomic E-state index is -1.68. The summed E-state index contributed by atoms with van der Waals surface area (Å²) >= 11 is 3.52. The van der Waals surface area contributed by atoms with Gasteiger partial charge in [-0.15, -0.1) is 13.0 Å². The third kappa shape index (κ3) is 9.11. The summed E-state index contributed by atoms with van der Waals surface area (Å²) in [6, 6.07) is 0. The quantitative estimate of drug-likeness (QED) is 0.298. The van der Waals surface area contributed by atoms with Crippen LogP contribution in [0.4, 0.5) is 0 Å². The minimum absolute atomic E-state index is 0.0645. The van der Waals surface area contributed by atoms with Crippen molar-refractivity contribution in [3.63, 3.8) is 0 Å². The summed E-state index contributed by atoms with van der Waals surface area (Å²) in [5.74, 6) is 9.15. The number of hydrogen-bond acceptors (Lipinski definition) is 1. The first-order valence-corrected chi connectivity index (χ1v) is 10.7. The van der Waals surface area contributed by atoms with Crippen LogP contribution in [0.3, 0.4) is 0 Å². The van der Waals surface area contributed by atoms with E-state index in [1.807, 2.05) is 20.8 Å². The second kappa shape index (κ2) is 7.95. The Morgan fingerprint density at radius 3 is 2.47 bits per heavy atom. The number of rotatable bonds is 6. The lowest BCUT2D eigenvalue weighted by Crippen LogP contribution is -2.37. The Morgan fingerprint density at radius 1 is 1.47 bits per heavy atom. The molecule has 0 aliphatic heterocycles. The van der Waals surface area contributed by atoms with E-state index >= 15 is 0 Å². The average molecular weight is 341 g/mol. The van der Waals surface area contributed by atoms with Gasteiger partial charge in [0.25, 0.3) is 0 Å². The Morgan fingerprint density at radius 2 is 2.05 bits per heavy atom. The normalized spacial score (nSPS) is 13.1. The van der Waals surface area contributed by atoms with E-state index in [-0.39, 0.29) is 11.5 Å². The molecule has 0 amide bonds. The molecule has 106 valence electrons. The molecule has 0 spiro atoms. The molecular weight excluding hydrogens is 316 g/mol. The lowest BCUT2D eigenvalue weighted by molar-refractivity contribution is 0.251. The van der Waals surface area contributed by atoms with Gasteiger partial charge in [0.15, 0.2) is 8.32 Å². The Hall–Kier alpha value is -0.483. The lowest BCUT2D eigenvalue weighted by Gasteiger charge is -2.25. The molecule has 1 atom stereocenters. The SMILES string of the molecule is C#CC(C)(C)CC#CC(CC(=C)C)O[Si](C)(C)CBr. The smallest absolute Gasteiger partial charge is 0.198 e. The zero-order chi connectivity index (χ0) is 15.1. The van der Waals surface area contributed by atoms with Crippen molar-refractivity contribution < 1.29 is 4.43 Å². The van der Waals surface area contributed by atoms with E-state index < -0.39 is 8.32 Å². The molecule has 19 heavy (non-hydrogen) atoms. The largest absolute Gasteiger partial charge is 0.403 e. The van der Waals surface area contributed by atoms with Crippen LogP contribution in [0.2, 0.25) is 13.1 Å². The molecule has 1 nitrogen and oxygen atoms in total. The summed E-state index contributed by atoms with van der Waals surface area (Å²) in [4.78, 5) is 0.907. The highest BCUT2D eigenvalue weighted by molar-refractivity contribution is 9.09. The fourth-order valence-electron chi connectivity index (χ4n) is 1.29. The van der Waals surface area contributed by atoms with Gasteiger partial charge in [0, 0.05) is 23.2 Å². The molecule has 0 rings (SSSR count). The van der Waals surface area contributed by atoms with Gasteiger partial charge in [0.05, 0.1) is 0 Å². The topological polar surface area (TPSA) is 9.23 Å². The molecule has 0 aromatic carbocycles. The molecule has 0 heterocycles. The van der Waals surface area contributed by atoms with Crippen LogP contribution >= 0.6 is 15.9 Å². The van der Waals surface area contributed by atoms with Crippen LogP contribution < -0.4 is 0 Å². The monoisotopic (exact) mass is 340 g/mol. The van der Waals surface area contributed by atoms with Crippen molar-refractivity contribution in [2.45, 2.75) is 52.8 Å². The Bertz CT molecular complexity index is 407. The van der Waals surface area contributed by atoms with E-state index in [9.17, 15) is 0 Å². The molecule has 0 aromatic rings. The molecule has 0 radical (unpaired) electrons. The Kier molecular flexibility index (Phi) is 7.75. The number of hydrogen-bond donors (Lipinski definition) is 0. The zero-order valence-corrected chi connectivity index (χ0v) is 15.4. The van der Waals surface area contributed by atoms with E-state index in [1.54, 1.807) is 0 Å². The van der Waals surface area contributed by atoms with Crippen LogP contribution in [0.25, 0.3) is 0 Å². The van der Waals surface area contributed by atoms with Gasteiger partial charge in [-0.3, -0.25) is 0 Å². The summed E-state index contributed by atoms with van der Waals surface area (Å²) in [6.45, 7) is 14.4. The van der Waals surface area contributed by atoms with Crippen molar-refractivity contribution >= 4 is 24.2 Å². The predicted molar refractivity (Wildman–Crippen MR) is 90.6 cm³/mol. The van der Waals surface area contributed by atoms with Crippen LogP contribution in [-0.4, -0.2) is 19.4 Å². The van der Waals surface area contributed by atoms with Crippen molar-refractivity contribution in [3.8, 4) is 24.2 Å². The maximum absolute atomic E-state index is 6.15. The number of halogens is 1. The van der Waals surface area contributed by atoms with Gasteiger partial charge in [0.2, 0.25) is 0 Å². The molecule has 0 aliphatic rings. The molecule has 1 unspecified atom stereocenters. The highest BCUT2D eigenvalue weighted by Crippen LogP contribution is 2.18. The highest BCUT2D eigenvalue weighted by Gasteiger charge is 2.24. The number of alkyl halides is 1. The molecule has 0 aromatic heterocycles. The summed E-state index contributed by atoms with van der Waals surface area (Å²) in [6.07, 6.45) is 6.88. The van der Waals surface area contributed by atoms with E-state index in [0.717, 1.165) is 16.9 Å². The van der Waals surface area contributed by atoms with Gasteiger partial charge in [-0.2, -0.15) is 0 Å². The van der Waals surface area contributed by atoms with Gasteiger partial charge in [0.1, 0.15) is 6.10 Å². The van der Waals surface area contributed by atoms with Crippen molar-refractivity contribution in [1.29, 1.82) is 0 Å². The maximum atomic E-state index is 6.15. The summed E-state index contributed by atoms with van der Waals surface area (Å²) < 4.78 is 6.15. The van der Waals surface area contributed by atoms with Crippen LogP contribution in [0, 0.1) is 29.6 Å². The van der Waals surface area contributed by atoms with Crippen molar-refractivity contribution in [2.75, 3.05) is 4.95 Å². The molecular formula is C16H25BrOSi. The highest BCUT2D eigenvalue weighted by atomic mass is 79.9. The molecule has 3 heteroatoms. The van der Waals surface area contributed by atoms with Crippen LogP contribution in [-0.2, 0) is 4.43 Å². The summed E-state index contributed by atoms with van der Waals surface area (Å²) in [5, 5.41) is 0. The van der Waals surface area contributed by atoms with Gasteiger partial charge in [-0.05, 0) is 33.9 Å². The summed E-state index contributed by atoms with van der Waals surface area (Å²) in [7, 11) is -1.68. The van der Waals surface area contributed by atoms with Crippen LogP contribution in [0.1, 0.15) is 33.6 Å². The van der Waals surface area contributed by atoms with Gasteiger partial charge in [-0.1, -0.05) is 39.3 Å². The molecule has 0 N–H and O–H groups in total. The first-order valence-electron chi connectivity index (χ1n) is 6.46. The van der Waals surface area contributed by atoms with Gasteiger partial charge < -0.3 is 4.43 Å². The fourth-order valence-corrected chi connectivity index (χ4v) is 2.66. The van der Waals surface area contributed by atoms with Crippen molar-refractivity contribution in [1.82, 2.24) is 0 Å². The third-order valence-electron chi connectivity index (χ3n) is 2.50. The van der Waals surface area contributed by atoms with E-state index in [0.29, 0.717) is 6.42 Å². The molecule has 0 aliphatic carbocycles. The average Bonchev–Trinajstić information content (AvgIpc) is 2.27. The van der Waals surface area contributed by atoms with Crippen LogP contribution in [0.15, 0.2) is 12.2 Å². The maximum Gasteiger partial charge on any atom is 0.198 e. The predicted octanol–water partition coefficient (Wildman–Crippen LogP) is 4.53. The van der Waals surface area contributed by atoms with Gasteiger partial charge >= 0.3 is 0 Å².